The molecule has 0 aromatic heterocycles. The van der Waals surface area contributed by atoms with Gasteiger partial charge in [-0.2, -0.15) is 13.2 Å². The molecule has 0 N–H and O–H groups in total. The van der Waals surface area contributed by atoms with Crippen LogP contribution in [0.15, 0.2) is 54.6 Å². The zero-order chi connectivity index (χ0) is 20.1. The Morgan fingerprint density at radius 2 is 1.46 bits per heavy atom. The molecule has 0 bridgehead atoms. The molecule has 0 aliphatic rings. The molecule has 0 saturated heterocycles. The van der Waals surface area contributed by atoms with Gasteiger partial charge in [-0.15, -0.1) is 0 Å². The molecule has 0 nitrogen and oxygen atoms in total. The van der Waals surface area contributed by atoms with Crippen molar-refractivity contribution in [3.05, 3.63) is 71.5 Å². The minimum Gasteiger partial charge on any atom is -0.206 e. The maximum Gasteiger partial charge on any atom is 0.416 e. The van der Waals surface area contributed by atoms with E-state index in [1.54, 1.807) is 30.3 Å². The summed E-state index contributed by atoms with van der Waals surface area (Å²) in [6.07, 6.45) is 2.35. The summed E-state index contributed by atoms with van der Waals surface area (Å²) in [6, 6.07) is 13.9. The van der Waals surface area contributed by atoms with E-state index in [4.69, 9.17) is 0 Å². The van der Waals surface area contributed by atoms with Gasteiger partial charge in [0.15, 0.2) is 0 Å². The summed E-state index contributed by atoms with van der Waals surface area (Å²) in [5.74, 6) is -0.294. The molecule has 3 aromatic carbocycles. The van der Waals surface area contributed by atoms with Gasteiger partial charge >= 0.3 is 6.18 Å². The average molecular weight is 388 g/mol. The van der Waals surface area contributed by atoms with E-state index in [1.807, 2.05) is 6.07 Å². The fourth-order valence-electron chi connectivity index (χ4n) is 3.47. The van der Waals surface area contributed by atoms with Crippen molar-refractivity contribution < 1.29 is 17.6 Å². The molecule has 0 radical (unpaired) electrons. The summed E-state index contributed by atoms with van der Waals surface area (Å²) in [4.78, 5) is 0. The number of alkyl halides is 3. The topological polar surface area (TPSA) is 0 Å². The van der Waals surface area contributed by atoms with Crippen molar-refractivity contribution in [2.24, 2.45) is 0 Å². The lowest BCUT2D eigenvalue weighted by atomic mass is 9.97. The molecular formula is C24H24F4. The van der Waals surface area contributed by atoms with Crippen LogP contribution < -0.4 is 0 Å². The molecule has 28 heavy (non-hydrogen) atoms. The number of hydrogen-bond acceptors (Lipinski definition) is 0. The van der Waals surface area contributed by atoms with Gasteiger partial charge in [-0.25, -0.2) is 4.39 Å². The fourth-order valence-corrected chi connectivity index (χ4v) is 3.47. The van der Waals surface area contributed by atoms with Crippen molar-refractivity contribution in [3.63, 3.8) is 0 Å². The van der Waals surface area contributed by atoms with Crippen LogP contribution in [0.4, 0.5) is 17.6 Å². The molecular weight excluding hydrogens is 364 g/mol. The van der Waals surface area contributed by atoms with Crippen molar-refractivity contribution in [3.8, 4) is 11.1 Å². The van der Waals surface area contributed by atoms with E-state index in [9.17, 15) is 17.6 Å². The zero-order valence-corrected chi connectivity index (χ0v) is 16.0. The Labute approximate surface area is 163 Å². The SMILES string of the molecule is CCCCCCCc1ccc(-c2ccc3cc(C(F)(F)F)ccc3c2)c(F)c1. The molecule has 148 valence electrons. The third-order valence-electron chi connectivity index (χ3n) is 5.08. The lowest BCUT2D eigenvalue weighted by Gasteiger charge is -2.10. The van der Waals surface area contributed by atoms with Crippen LogP contribution in [0.2, 0.25) is 0 Å². The molecule has 3 aromatic rings. The molecule has 0 amide bonds. The fraction of sp³-hybridized carbons (Fsp3) is 0.333. The first kappa shape index (κ1) is 20.4. The van der Waals surface area contributed by atoms with Gasteiger partial charge in [-0.05, 0) is 59.0 Å². The highest BCUT2D eigenvalue weighted by molar-refractivity contribution is 5.88. The van der Waals surface area contributed by atoms with Gasteiger partial charge in [-0.1, -0.05) is 62.9 Å². The Morgan fingerprint density at radius 3 is 2.18 bits per heavy atom. The Hall–Kier alpha value is -2.36. The molecule has 0 aliphatic carbocycles. The van der Waals surface area contributed by atoms with Crippen LogP contribution in [0, 0.1) is 5.82 Å². The molecule has 0 saturated carbocycles. The van der Waals surface area contributed by atoms with Crippen LogP contribution in [-0.2, 0) is 12.6 Å². The average Bonchev–Trinajstić information content (AvgIpc) is 2.66. The van der Waals surface area contributed by atoms with Gasteiger partial charge < -0.3 is 0 Å². The van der Waals surface area contributed by atoms with Crippen LogP contribution in [-0.4, -0.2) is 0 Å². The lowest BCUT2D eigenvalue weighted by Crippen LogP contribution is -2.04. The van der Waals surface area contributed by atoms with E-state index >= 15 is 0 Å². The predicted octanol–water partition coefficient (Wildman–Crippen LogP) is 8.18. The summed E-state index contributed by atoms with van der Waals surface area (Å²) in [5, 5.41) is 1.15. The number of aryl methyl sites for hydroxylation is 1. The summed E-state index contributed by atoms with van der Waals surface area (Å²) in [5.41, 5.74) is 1.44. The second kappa shape index (κ2) is 8.76. The minimum absolute atomic E-state index is 0.294. The number of unbranched alkanes of at least 4 members (excludes halogenated alkanes) is 4. The molecule has 0 heterocycles. The van der Waals surface area contributed by atoms with Gasteiger partial charge in [0.2, 0.25) is 0 Å². The smallest absolute Gasteiger partial charge is 0.206 e. The van der Waals surface area contributed by atoms with Crippen molar-refractivity contribution in [1.82, 2.24) is 0 Å². The van der Waals surface area contributed by atoms with Gasteiger partial charge in [0.25, 0.3) is 0 Å². The van der Waals surface area contributed by atoms with Crippen LogP contribution in [0.3, 0.4) is 0 Å². The van der Waals surface area contributed by atoms with Crippen molar-refractivity contribution in [2.45, 2.75) is 51.6 Å². The van der Waals surface area contributed by atoms with Crippen molar-refractivity contribution >= 4 is 10.8 Å². The Morgan fingerprint density at radius 1 is 0.750 bits per heavy atom. The second-order valence-electron chi connectivity index (χ2n) is 7.25. The number of fused-ring (bicyclic) bond motifs is 1. The molecule has 0 unspecified atom stereocenters. The molecule has 4 heteroatoms. The quantitative estimate of drug-likeness (QED) is 0.283. The lowest BCUT2D eigenvalue weighted by molar-refractivity contribution is -0.137. The van der Waals surface area contributed by atoms with E-state index in [2.05, 4.69) is 6.92 Å². The number of halogens is 4. The molecule has 0 fully saturated rings. The van der Waals surface area contributed by atoms with Crippen molar-refractivity contribution in [2.75, 3.05) is 0 Å². The molecule has 0 aliphatic heterocycles. The van der Waals surface area contributed by atoms with E-state index in [-0.39, 0.29) is 5.82 Å². The second-order valence-corrected chi connectivity index (χ2v) is 7.25. The highest BCUT2D eigenvalue weighted by atomic mass is 19.4. The summed E-state index contributed by atoms with van der Waals surface area (Å²) in [6.45, 7) is 2.18. The van der Waals surface area contributed by atoms with Crippen LogP contribution >= 0.6 is 0 Å². The minimum atomic E-state index is -4.37. The Balaban J connectivity index is 1.78. The highest BCUT2D eigenvalue weighted by Gasteiger charge is 2.30. The van der Waals surface area contributed by atoms with E-state index in [1.165, 1.54) is 25.3 Å². The highest BCUT2D eigenvalue weighted by Crippen LogP contribution is 2.33. The largest absolute Gasteiger partial charge is 0.416 e. The molecule has 3 rings (SSSR count). The number of benzene rings is 3. The third-order valence-corrected chi connectivity index (χ3v) is 5.08. The van der Waals surface area contributed by atoms with Crippen LogP contribution in [0.25, 0.3) is 21.9 Å². The Kier molecular flexibility index (Phi) is 6.38. The van der Waals surface area contributed by atoms with Gasteiger partial charge in [-0.3, -0.25) is 0 Å². The van der Waals surface area contributed by atoms with E-state index in [0.717, 1.165) is 37.0 Å². The van der Waals surface area contributed by atoms with Gasteiger partial charge in [0, 0.05) is 5.56 Å². The van der Waals surface area contributed by atoms with Crippen molar-refractivity contribution in [1.29, 1.82) is 0 Å². The molecule has 0 atom stereocenters. The first-order chi connectivity index (χ1) is 13.4. The standard InChI is InChI=1S/C24H24F4/c1-2-3-4-5-6-7-17-8-13-22(23(25)14-17)20-10-9-19-16-21(24(26,27)28)12-11-18(19)15-20/h8-16H,2-7H2,1H3. The van der Waals surface area contributed by atoms with E-state index < -0.39 is 11.7 Å². The van der Waals surface area contributed by atoms with E-state index in [0.29, 0.717) is 21.9 Å². The summed E-state index contributed by atoms with van der Waals surface area (Å²) in [7, 11) is 0. The Bertz CT molecular complexity index is 941. The predicted molar refractivity (Wildman–Crippen MR) is 107 cm³/mol. The maximum absolute atomic E-state index is 14.6. The molecule has 0 spiro atoms. The van der Waals surface area contributed by atoms with Crippen LogP contribution in [0.5, 0.6) is 0 Å². The summed E-state index contributed by atoms with van der Waals surface area (Å²) < 4.78 is 53.2. The number of hydrogen-bond donors (Lipinski definition) is 0. The van der Waals surface area contributed by atoms with Gasteiger partial charge in [0.1, 0.15) is 5.82 Å². The third kappa shape index (κ3) is 4.92. The number of rotatable bonds is 7. The van der Waals surface area contributed by atoms with Gasteiger partial charge in [0.05, 0.1) is 5.56 Å². The summed E-state index contributed by atoms with van der Waals surface area (Å²) >= 11 is 0. The normalized spacial score (nSPS) is 11.9. The maximum atomic E-state index is 14.6. The zero-order valence-electron chi connectivity index (χ0n) is 16.0. The first-order valence-electron chi connectivity index (χ1n) is 9.78. The van der Waals surface area contributed by atoms with Crippen LogP contribution in [0.1, 0.15) is 50.2 Å². The monoisotopic (exact) mass is 388 g/mol. The first-order valence-corrected chi connectivity index (χ1v) is 9.78.